The summed E-state index contributed by atoms with van der Waals surface area (Å²) in [7, 11) is 0. The second kappa shape index (κ2) is 5.87. The van der Waals surface area contributed by atoms with E-state index in [0.717, 1.165) is 34.4 Å². The minimum Gasteiger partial charge on any atom is -0.349 e. The maximum atomic E-state index is 12.2. The molecule has 0 spiro atoms. The number of nitrogens with one attached hydrogen (secondary N) is 1. The van der Waals surface area contributed by atoms with Gasteiger partial charge in [-0.15, -0.1) is 0 Å². The third kappa shape index (κ3) is 3.58. The van der Waals surface area contributed by atoms with Gasteiger partial charge in [0, 0.05) is 10.5 Å². The molecule has 2 nitrogen and oxygen atoms in total. The predicted octanol–water partition coefficient (Wildman–Crippen LogP) is 4.07. The van der Waals surface area contributed by atoms with E-state index in [4.69, 9.17) is 0 Å². The molecule has 18 heavy (non-hydrogen) atoms. The first-order valence-electron chi connectivity index (χ1n) is 6.67. The lowest BCUT2D eigenvalue weighted by molar-refractivity contribution is 0.0932. The maximum absolute atomic E-state index is 12.2. The molecular weight excluding hydrogens is 290 g/mol. The zero-order chi connectivity index (χ0) is 13.1. The first-order chi connectivity index (χ1) is 8.60. The highest BCUT2D eigenvalue weighted by Gasteiger charge is 2.25. The zero-order valence-corrected chi connectivity index (χ0v) is 12.6. The van der Waals surface area contributed by atoms with E-state index in [1.165, 1.54) is 12.8 Å². The van der Waals surface area contributed by atoms with Gasteiger partial charge in [0.1, 0.15) is 0 Å². The molecule has 1 aliphatic rings. The first kappa shape index (κ1) is 13.6. The van der Waals surface area contributed by atoms with E-state index in [0.29, 0.717) is 6.04 Å². The number of carbonyl (C=O) groups is 1. The molecule has 1 aliphatic carbocycles. The third-order valence-electron chi connectivity index (χ3n) is 3.51. The van der Waals surface area contributed by atoms with Crippen molar-refractivity contribution in [3.63, 3.8) is 0 Å². The highest BCUT2D eigenvalue weighted by molar-refractivity contribution is 9.10. The summed E-state index contributed by atoms with van der Waals surface area (Å²) in [5.74, 6) is 0.881. The van der Waals surface area contributed by atoms with Crippen molar-refractivity contribution < 1.29 is 4.79 Å². The summed E-state index contributed by atoms with van der Waals surface area (Å²) < 4.78 is 0.876. The van der Waals surface area contributed by atoms with Gasteiger partial charge in [-0.25, -0.2) is 0 Å². The second-order valence-electron chi connectivity index (χ2n) is 5.24. The fourth-order valence-electron chi connectivity index (χ4n) is 2.15. The first-order valence-corrected chi connectivity index (χ1v) is 7.46. The Kier molecular flexibility index (Phi) is 4.44. The number of halogens is 1. The molecular formula is C15H20BrNO. The largest absolute Gasteiger partial charge is 0.349 e. The summed E-state index contributed by atoms with van der Waals surface area (Å²) in [5.41, 5.74) is 1.89. The van der Waals surface area contributed by atoms with E-state index >= 15 is 0 Å². The molecule has 0 saturated heterocycles. The van der Waals surface area contributed by atoms with Crippen molar-refractivity contribution >= 4 is 21.8 Å². The van der Waals surface area contributed by atoms with Crippen LogP contribution in [0.5, 0.6) is 0 Å². The third-order valence-corrected chi connectivity index (χ3v) is 4.17. The van der Waals surface area contributed by atoms with Gasteiger partial charge in [-0.2, -0.15) is 0 Å². The molecule has 0 aliphatic heterocycles. The van der Waals surface area contributed by atoms with E-state index in [1.54, 1.807) is 0 Å². The van der Waals surface area contributed by atoms with Crippen LogP contribution in [0.1, 0.15) is 48.5 Å². The summed E-state index contributed by atoms with van der Waals surface area (Å²) in [6.45, 7) is 4.16. The van der Waals surface area contributed by atoms with Crippen LogP contribution in [-0.4, -0.2) is 11.9 Å². The number of hydrogen-bond acceptors (Lipinski definition) is 1. The summed E-state index contributed by atoms with van der Waals surface area (Å²) in [6.07, 6.45) is 4.80. The average molecular weight is 310 g/mol. The van der Waals surface area contributed by atoms with Gasteiger partial charge in [0.15, 0.2) is 0 Å². The van der Waals surface area contributed by atoms with Crippen LogP contribution in [0, 0.1) is 12.8 Å². The van der Waals surface area contributed by atoms with E-state index in [2.05, 4.69) is 28.2 Å². The molecule has 1 saturated carbocycles. The normalized spacial score (nSPS) is 16.4. The van der Waals surface area contributed by atoms with Crippen LogP contribution in [0.3, 0.4) is 0 Å². The lowest BCUT2D eigenvalue weighted by atomic mass is 10.1. The summed E-state index contributed by atoms with van der Waals surface area (Å²) in [5, 5.41) is 3.15. The standard InChI is InChI=1S/C15H20BrNO/c1-3-12(9-11-5-6-11)17-15(18)13-7-4-10(2)8-14(13)16/h4,7-8,11-12H,3,5-6,9H2,1-2H3,(H,17,18). The number of aryl methyl sites for hydroxylation is 1. The van der Waals surface area contributed by atoms with Crippen LogP contribution in [0.2, 0.25) is 0 Å². The molecule has 1 aromatic rings. The number of hydrogen-bond donors (Lipinski definition) is 1. The van der Waals surface area contributed by atoms with Gasteiger partial charge in [-0.05, 0) is 59.3 Å². The SMILES string of the molecule is CCC(CC1CC1)NC(=O)c1ccc(C)cc1Br. The van der Waals surface area contributed by atoms with Gasteiger partial charge in [-0.1, -0.05) is 25.8 Å². The Balaban J connectivity index is 2.00. The van der Waals surface area contributed by atoms with Crippen molar-refractivity contribution in [1.29, 1.82) is 0 Å². The Hall–Kier alpha value is -0.830. The Morgan fingerprint density at radius 3 is 2.78 bits per heavy atom. The summed E-state index contributed by atoms with van der Waals surface area (Å²) in [4.78, 5) is 12.2. The maximum Gasteiger partial charge on any atom is 0.252 e. The molecule has 1 unspecified atom stereocenters. The quantitative estimate of drug-likeness (QED) is 0.873. The molecule has 0 aromatic heterocycles. The predicted molar refractivity (Wildman–Crippen MR) is 77.8 cm³/mol. The summed E-state index contributed by atoms with van der Waals surface area (Å²) in [6, 6.07) is 6.16. The Labute approximate surface area is 117 Å². The molecule has 2 rings (SSSR count). The summed E-state index contributed by atoms with van der Waals surface area (Å²) >= 11 is 3.46. The van der Waals surface area contributed by atoms with Crippen molar-refractivity contribution in [2.24, 2.45) is 5.92 Å². The van der Waals surface area contributed by atoms with Gasteiger partial charge in [0.25, 0.3) is 5.91 Å². The highest BCUT2D eigenvalue weighted by atomic mass is 79.9. The number of rotatable bonds is 5. The smallest absolute Gasteiger partial charge is 0.252 e. The lowest BCUT2D eigenvalue weighted by Crippen LogP contribution is -2.34. The Morgan fingerprint density at radius 2 is 2.22 bits per heavy atom. The van der Waals surface area contributed by atoms with Crippen LogP contribution < -0.4 is 5.32 Å². The van der Waals surface area contributed by atoms with Gasteiger partial charge < -0.3 is 5.32 Å². The number of carbonyl (C=O) groups excluding carboxylic acids is 1. The minimum absolute atomic E-state index is 0.0365. The van der Waals surface area contributed by atoms with E-state index in [9.17, 15) is 4.79 Å². The molecule has 3 heteroatoms. The van der Waals surface area contributed by atoms with Crippen molar-refractivity contribution in [3.8, 4) is 0 Å². The van der Waals surface area contributed by atoms with Crippen molar-refractivity contribution in [1.82, 2.24) is 5.32 Å². The topological polar surface area (TPSA) is 29.1 Å². The van der Waals surface area contributed by atoms with Crippen LogP contribution in [0.15, 0.2) is 22.7 Å². The van der Waals surface area contributed by atoms with Crippen molar-refractivity contribution in [3.05, 3.63) is 33.8 Å². The monoisotopic (exact) mass is 309 g/mol. The molecule has 0 heterocycles. The van der Waals surface area contributed by atoms with Gasteiger partial charge in [-0.3, -0.25) is 4.79 Å². The van der Waals surface area contributed by atoms with Crippen LogP contribution in [0.25, 0.3) is 0 Å². The van der Waals surface area contributed by atoms with Gasteiger partial charge >= 0.3 is 0 Å². The molecule has 1 aromatic carbocycles. The van der Waals surface area contributed by atoms with Crippen LogP contribution in [0.4, 0.5) is 0 Å². The van der Waals surface area contributed by atoms with E-state index in [-0.39, 0.29) is 5.91 Å². The molecule has 0 bridgehead atoms. The van der Waals surface area contributed by atoms with Crippen LogP contribution in [-0.2, 0) is 0 Å². The molecule has 1 fully saturated rings. The molecule has 1 amide bonds. The van der Waals surface area contributed by atoms with Crippen LogP contribution >= 0.6 is 15.9 Å². The Bertz CT molecular complexity index is 440. The van der Waals surface area contributed by atoms with Crippen molar-refractivity contribution in [2.75, 3.05) is 0 Å². The molecule has 1 atom stereocenters. The van der Waals surface area contributed by atoms with Crippen molar-refractivity contribution in [2.45, 2.75) is 45.6 Å². The van der Waals surface area contributed by atoms with Gasteiger partial charge in [0.2, 0.25) is 0 Å². The fourth-order valence-corrected chi connectivity index (χ4v) is 2.82. The zero-order valence-electron chi connectivity index (χ0n) is 11.0. The lowest BCUT2D eigenvalue weighted by Gasteiger charge is -2.17. The number of benzene rings is 1. The van der Waals surface area contributed by atoms with E-state index < -0.39 is 0 Å². The molecule has 0 radical (unpaired) electrons. The Morgan fingerprint density at radius 1 is 1.50 bits per heavy atom. The van der Waals surface area contributed by atoms with E-state index in [1.807, 2.05) is 25.1 Å². The average Bonchev–Trinajstić information content (AvgIpc) is 3.11. The fraction of sp³-hybridized carbons (Fsp3) is 0.533. The van der Waals surface area contributed by atoms with Gasteiger partial charge in [0.05, 0.1) is 5.56 Å². The highest BCUT2D eigenvalue weighted by Crippen LogP contribution is 2.34. The molecule has 98 valence electrons. The second-order valence-corrected chi connectivity index (χ2v) is 6.10. The minimum atomic E-state index is 0.0365. The number of amides is 1. The molecule has 1 N–H and O–H groups in total.